The number of alkyl halides is 1. The summed E-state index contributed by atoms with van der Waals surface area (Å²) in [6.45, 7) is 9.25. The standard InChI is InChI=1S/C29H33BrN2O4/c1-20-26(31-27(35-20)21-9-6-5-7-10-21)14-16-34-24-12-8-11-22(17-24)25-19-32(15-13-23(25)18-30)28(33)36-29(2,3)4/h5-12,17H,13-16,18-19H2,1-4H3. The summed E-state index contributed by atoms with van der Waals surface area (Å²) in [5, 5.41) is 0.769. The Morgan fingerprint density at radius 2 is 1.86 bits per heavy atom. The molecule has 0 spiro atoms. The van der Waals surface area contributed by atoms with Crippen molar-refractivity contribution in [3.63, 3.8) is 0 Å². The third kappa shape index (κ3) is 6.58. The number of nitrogens with zero attached hydrogens (tertiary/aromatic N) is 2. The van der Waals surface area contributed by atoms with E-state index in [9.17, 15) is 4.79 Å². The molecule has 1 aromatic heterocycles. The fourth-order valence-electron chi connectivity index (χ4n) is 4.13. The molecule has 1 amide bonds. The van der Waals surface area contributed by atoms with E-state index in [0.717, 1.165) is 45.7 Å². The smallest absolute Gasteiger partial charge is 0.410 e. The number of rotatable bonds is 7. The van der Waals surface area contributed by atoms with Crippen LogP contribution in [0.5, 0.6) is 5.75 Å². The molecule has 2 heterocycles. The van der Waals surface area contributed by atoms with Crippen molar-refractivity contribution in [1.29, 1.82) is 0 Å². The Bertz CT molecular complexity index is 1230. The van der Waals surface area contributed by atoms with Crippen molar-refractivity contribution in [2.75, 3.05) is 25.0 Å². The first kappa shape index (κ1) is 26.0. The van der Waals surface area contributed by atoms with Gasteiger partial charge < -0.3 is 18.8 Å². The molecule has 0 saturated heterocycles. The van der Waals surface area contributed by atoms with Crippen molar-refractivity contribution in [2.45, 2.75) is 46.1 Å². The fraction of sp³-hybridized carbons (Fsp3) is 0.379. The Kier molecular flexibility index (Phi) is 8.19. The van der Waals surface area contributed by atoms with Crippen LogP contribution in [0.4, 0.5) is 4.79 Å². The van der Waals surface area contributed by atoms with Crippen LogP contribution in [0.25, 0.3) is 17.0 Å². The third-order valence-corrected chi connectivity index (χ3v) is 6.65. The molecule has 36 heavy (non-hydrogen) atoms. The van der Waals surface area contributed by atoms with Crippen LogP contribution in [0.2, 0.25) is 0 Å². The molecular weight excluding hydrogens is 520 g/mol. The first-order valence-corrected chi connectivity index (χ1v) is 13.4. The highest BCUT2D eigenvalue weighted by molar-refractivity contribution is 9.09. The average Bonchev–Trinajstić information content (AvgIpc) is 3.23. The van der Waals surface area contributed by atoms with Crippen LogP contribution in [0.1, 0.15) is 44.2 Å². The molecule has 0 radical (unpaired) electrons. The molecule has 0 atom stereocenters. The van der Waals surface area contributed by atoms with E-state index in [0.29, 0.717) is 32.0 Å². The van der Waals surface area contributed by atoms with Gasteiger partial charge in [-0.1, -0.05) is 51.8 Å². The van der Waals surface area contributed by atoms with Gasteiger partial charge in [-0.05, 0) is 69.5 Å². The number of carbonyl (C=O) groups is 1. The maximum atomic E-state index is 12.7. The summed E-state index contributed by atoms with van der Waals surface area (Å²) in [7, 11) is 0. The Hall–Kier alpha value is -3.06. The van der Waals surface area contributed by atoms with Crippen molar-refractivity contribution in [2.24, 2.45) is 0 Å². The summed E-state index contributed by atoms with van der Waals surface area (Å²) in [4.78, 5) is 19.1. The molecule has 4 rings (SSSR count). The lowest BCUT2D eigenvalue weighted by atomic mass is 9.95. The van der Waals surface area contributed by atoms with Gasteiger partial charge in [-0.25, -0.2) is 9.78 Å². The first-order valence-electron chi connectivity index (χ1n) is 12.2. The van der Waals surface area contributed by atoms with Crippen LogP contribution in [-0.4, -0.2) is 46.6 Å². The molecule has 0 aliphatic carbocycles. The minimum absolute atomic E-state index is 0.279. The number of hydrogen-bond donors (Lipinski definition) is 0. The number of hydrogen-bond acceptors (Lipinski definition) is 5. The molecule has 2 aromatic carbocycles. The lowest BCUT2D eigenvalue weighted by Gasteiger charge is -2.32. The monoisotopic (exact) mass is 552 g/mol. The number of aryl methyl sites for hydroxylation is 1. The molecule has 0 saturated carbocycles. The van der Waals surface area contributed by atoms with E-state index in [1.54, 1.807) is 4.90 Å². The van der Waals surface area contributed by atoms with Crippen molar-refractivity contribution in [1.82, 2.24) is 9.88 Å². The number of halogens is 1. The predicted octanol–water partition coefficient (Wildman–Crippen LogP) is 7.06. The molecule has 1 aliphatic heterocycles. The Balaban J connectivity index is 1.42. The molecule has 0 N–H and O–H groups in total. The number of ether oxygens (including phenoxy) is 2. The highest BCUT2D eigenvalue weighted by atomic mass is 79.9. The number of oxazole rings is 1. The maximum absolute atomic E-state index is 12.7. The van der Waals surface area contributed by atoms with Crippen molar-refractivity contribution in [3.8, 4) is 17.2 Å². The zero-order valence-electron chi connectivity index (χ0n) is 21.3. The van der Waals surface area contributed by atoms with Crippen LogP contribution < -0.4 is 4.74 Å². The topological polar surface area (TPSA) is 64.8 Å². The van der Waals surface area contributed by atoms with Gasteiger partial charge in [0, 0.05) is 30.4 Å². The van der Waals surface area contributed by atoms with Gasteiger partial charge in [0.1, 0.15) is 17.1 Å². The molecule has 0 unspecified atom stereocenters. The predicted molar refractivity (Wildman–Crippen MR) is 145 cm³/mol. The van der Waals surface area contributed by atoms with E-state index >= 15 is 0 Å². The second kappa shape index (κ2) is 11.3. The van der Waals surface area contributed by atoms with Gasteiger partial charge in [0.05, 0.1) is 12.3 Å². The van der Waals surface area contributed by atoms with Crippen LogP contribution in [0.3, 0.4) is 0 Å². The number of carbonyl (C=O) groups excluding carboxylic acids is 1. The third-order valence-electron chi connectivity index (χ3n) is 5.98. The van der Waals surface area contributed by atoms with Gasteiger partial charge in [-0.2, -0.15) is 0 Å². The van der Waals surface area contributed by atoms with Gasteiger partial charge in [0.2, 0.25) is 5.89 Å². The largest absolute Gasteiger partial charge is 0.493 e. The van der Waals surface area contributed by atoms with E-state index in [4.69, 9.17) is 13.9 Å². The van der Waals surface area contributed by atoms with Crippen molar-refractivity contribution in [3.05, 3.63) is 77.2 Å². The summed E-state index contributed by atoms with van der Waals surface area (Å²) in [5.74, 6) is 2.22. The maximum Gasteiger partial charge on any atom is 0.410 e. The molecule has 6 nitrogen and oxygen atoms in total. The van der Waals surface area contributed by atoms with Crippen LogP contribution in [0.15, 0.2) is 64.6 Å². The molecule has 3 aromatic rings. The zero-order chi connectivity index (χ0) is 25.7. The SMILES string of the molecule is Cc1oc(-c2ccccc2)nc1CCOc1cccc(C2=C(CBr)CCN(C(=O)OC(C)(C)C)C2)c1. The second-order valence-electron chi connectivity index (χ2n) is 9.88. The van der Waals surface area contributed by atoms with Crippen molar-refractivity contribution >= 4 is 27.6 Å². The fourth-order valence-corrected chi connectivity index (χ4v) is 4.75. The van der Waals surface area contributed by atoms with Gasteiger partial charge in [-0.15, -0.1) is 0 Å². The molecule has 0 fully saturated rings. The van der Waals surface area contributed by atoms with Gasteiger partial charge in [0.25, 0.3) is 0 Å². The Morgan fingerprint density at radius 1 is 1.11 bits per heavy atom. The summed E-state index contributed by atoms with van der Waals surface area (Å²) in [6, 6.07) is 18.0. The molecule has 190 valence electrons. The Morgan fingerprint density at radius 3 is 2.58 bits per heavy atom. The van der Waals surface area contributed by atoms with E-state index in [2.05, 4.69) is 27.0 Å². The number of aromatic nitrogens is 1. The number of amides is 1. The van der Waals surface area contributed by atoms with E-state index in [1.165, 1.54) is 5.57 Å². The van der Waals surface area contributed by atoms with E-state index in [1.807, 2.05) is 76.2 Å². The summed E-state index contributed by atoms with van der Waals surface area (Å²) in [5.41, 5.74) is 4.82. The molecular formula is C29H33BrN2O4. The minimum Gasteiger partial charge on any atom is -0.493 e. The summed E-state index contributed by atoms with van der Waals surface area (Å²) < 4.78 is 17.6. The minimum atomic E-state index is -0.519. The molecule has 1 aliphatic rings. The van der Waals surface area contributed by atoms with Gasteiger partial charge in [-0.3, -0.25) is 0 Å². The lowest BCUT2D eigenvalue weighted by molar-refractivity contribution is 0.0271. The highest BCUT2D eigenvalue weighted by Gasteiger charge is 2.27. The molecule has 0 bridgehead atoms. The van der Waals surface area contributed by atoms with E-state index < -0.39 is 5.60 Å². The van der Waals surface area contributed by atoms with Crippen LogP contribution in [-0.2, 0) is 11.2 Å². The second-order valence-corrected chi connectivity index (χ2v) is 10.4. The number of benzene rings is 2. The van der Waals surface area contributed by atoms with Gasteiger partial charge >= 0.3 is 6.09 Å². The summed E-state index contributed by atoms with van der Waals surface area (Å²) >= 11 is 3.63. The van der Waals surface area contributed by atoms with Crippen LogP contribution in [0, 0.1) is 6.92 Å². The van der Waals surface area contributed by atoms with Gasteiger partial charge in [0.15, 0.2) is 0 Å². The van der Waals surface area contributed by atoms with Crippen molar-refractivity contribution < 1.29 is 18.7 Å². The quantitative estimate of drug-likeness (QED) is 0.293. The average molecular weight is 553 g/mol. The Labute approximate surface area is 221 Å². The van der Waals surface area contributed by atoms with E-state index in [-0.39, 0.29) is 6.09 Å². The lowest BCUT2D eigenvalue weighted by Crippen LogP contribution is -2.40. The normalized spacial score (nSPS) is 14.2. The summed E-state index contributed by atoms with van der Waals surface area (Å²) in [6.07, 6.45) is 1.17. The highest BCUT2D eigenvalue weighted by Crippen LogP contribution is 2.31. The first-order chi connectivity index (χ1) is 17.2. The molecule has 7 heteroatoms. The van der Waals surface area contributed by atoms with Crippen LogP contribution >= 0.6 is 15.9 Å². The zero-order valence-corrected chi connectivity index (χ0v) is 22.9.